The summed E-state index contributed by atoms with van der Waals surface area (Å²) in [6, 6.07) is 8.52. The lowest BCUT2D eigenvalue weighted by Gasteiger charge is -2.19. The van der Waals surface area contributed by atoms with Crippen LogP contribution in [0.15, 0.2) is 28.7 Å². The van der Waals surface area contributed by atoms with Crippen molar-refractivity contribution in [1.82, 2.24) is 5.32 Å². The monoisotopic (exact) mass is 357 g/mol. The van der Waals surface area contributed by atoms with Crippen LogP contribution >= 0.6 is 15.9 Å². The second-order valence-corrected chi connectivity index (χ2v) is 6.02. The van der Waals surface area contributed by atoms with Crippen LogP contribution in [0.4, 0.5) is 0 Å². The molecule has 0 radical (unpaired) electrons. The molecule has 1 N–H and O–H groups in total. The summed E-state index contributed by atoms with van der Waals surface area (Å²) >= 11 is 3.67. The molecule has 0 aromatic heterocycles. The normalized spacial score (nSPS) is 12.5. The van der Waals surface area contributed by atoms with Gasteiger partial charge in [-0.2, -0.15) is 0 Å². The Balaban J connectivity index is 2.43. The number of benzene rings is 1. The maximum Gasteiger partial charge on any atom is 0.0700 e. The van der Waals surface area contributed by atoms with Crippen LogP contribution in [0, 0.1) is 0 Å². The Hall–Kier alpha value is -0.420. The highest BCUT2D eigenvalue weighted by molar-refractivity contribution is 9.10. The summed E-state index contributed by atoms with van der Waals surface area (Å²) in [4.78, 5) is 0. The van der Waals surface area contributed by atoms with Gasteiger partial charge in [-0.1, -0.05) is 41.1 Å². The average Bonchev–Trinajstić information content (AvgIpc) is 2.50. The summed E-state index contributed by atoms with van der Waals surface area (Å²) in [5.41, 5.74) is 1.39. The quantitative estimate of drug-likeness (QED) is 0.574. The molecule has 0 aliphatic heterocycles. The van der Waals surface area contributed by atoms with Gasteiger partial charge in [-0.25, -0.2) is 0 Å². The van der Waals surface area contributed by atoms with Gasteiger partial charge in [0, 0.05) is 24.7 Å². The molecule has 0 fully saturated rings. The summed E-state index contributed by atoms with van der Waals surface area (Å²) in [7, 11) is 1.70. The maximum absolute atomic E-state index is 5.56. The van der Waals surface area contributed by atoms with E-state index in [0.29, 0.717) is 19.1 Å². The number of ether oxygens (including phenoxy) is 2. The third-order valence-corrected chi connectivity index (χ3v) is 4.16. The van der Waals surface area contributed by atoms with Crippen LogP contribution in [0.1, 0.15) is 37.7 Å². The first kappa shape index (κ1) is 18.6. The Bertz CT molecular complexity index is 374. The van der Waals surface area contributed by atoms with Gasteiger partial charge in [0.1, 0.15) is 0 Å². The van der Waals surface area contributed by atoms with Crippen molar-refractivity contribution in [3.63, 3.8) is 0 Å². The molecule has 3 nitrogen and oxygen atoms in total. The van der Waals surface area contributed by atoms with Crippen molar-refractivity contribution in [3.05, 3.63) is 34.3 Å². The minimum atomic E-state index is 0.526. The minimum Gasteiger partial charge on any atom is -0.382 e. The van der Waals surface area contributed by atoms with E-state index in [9.17, 15) is 0 Å². The first-order chi connectivity index (χ1) is 10.3. The lowest BCUT2D eigenvalue weighted by molar-refractivity contribution is 0.0681. The van der Waals surface area contributed by atoms with Gasteiger partial charge in [-0.3, -0.25) is 0 Å². The van der Waals surface area contributed by atoms with Gasteiger partial charge in [0.2, 0.25) is 0 Å². The Labute approximate surface area is 137 Å². The Kier molecular flexibility index (Phi) is 10.8. The fraction of sp³-hybridized carbons (Fsp3) is 0.647. The third kappa shape index (κ3) is 7.96. The molecule has 0 saturated carbocycles. The SMILES string of the molecule is CCCNCC(CCCOCCOC)c1ccccc1Br. The zero-order chi connectivity index (χ0) is 15.3. The van der Waals surface area contributed by atoms with Crippen LogP contribution in [-0.4, -0.2) is 40.0 Å². The van der Waals surface area contributed by atoms with E-state index in [-0.39, 0.29) is 0 Å². The zero-order valence-corrected chi connectivity index (χ0v) is 14.8. The molecule has 0 spiro atoms. The lowest BCUT2D eigenvalue weighted by atomic mass is 9.94. The van der Waals surface area contributed by atoms with Gasteiger partial charge < -0.3 is 14.8 Å². The van der Waals surface area contributed by atoms with E-state index < -0.39 is 0 Å². The van der Waals surface area contributed by atoms with Crippen molar-refractivity contribution in [2.45, 2.75) is 32.1 Å². The molecule has 0 heterocycles. The lowest BCUT2D eigenvalue weighted by Crippen LogP contribution is -2.23. The van der Waals surface area contributed by atoms with Crippen molar-refractivity contribution in [2.75, 3.05) is 40.0 Å². The largest absolute Gasteiger partial charge is 0.382 e. The highest BCUT2D eigenvalue weighted by atomic mass is 79.9. The van der Waals surface area contributed by atoms with Crippen molar-refractivity contribution < 1.29 is 9.47 Å². The number of methoxy groups -OCH3 is 1. The predicted molar refractivity (Wildman–Crippen MR) is 92.0 cm³/mol. The molecule has 120 valence electrons. The summed E-state index contributed by atoms with van der Waals surface area (Å²) in [5.74, 6) is 0.526. The van der Waals surface area contributed by atoms with Crippen molar-refractivity contribution in [2.24, 2.45) is 0 Å². The fourth-order valence-electron chi connectivity index (χ4n) is 2.30. The second kappa shape index (κ2) is 12.2. The van der Waals surface area contributed by atoms with Gasteiger partial charge in [-0.15, -0.1) is 0 Å². The fourth-order valence-corrected chi connectivity index (χ4v) is 2.91. The number of rotatable bonds is 12. The molecule has 1 atom stereocenters. The topological polar surface area (TPSA) is 30.5 Å². The molecule has 21 heavy (non-hydrogen) atoms. The molecule has 1 unspecified atom stereocenters. The van der Waals surface area contributed by atoms with Crippen LogP contribution < -0.4 is 5.32 Å². The zero-order valence-electron chi connectivity index (χ0n) is 13.2. The van der Waals surface area contributed by atoms with E-state index in [1.54, 1.807) is 7.11 Å². The first-order valence-electron chi connectivity index (χ1n) is 7.81. The van der Waals surface area contributed by atoms with E-state index in [0.717, 1.165) is 32.5 Å². The Morgan fingerprint density at radius 1 is 1.19 bits per heavy atom. The third-order valence-electron chi connectivity index (χ3n) is 3.44. The molecule has 1 rings (SSSR count). The van der Waals surface area contributed by atoms with Gasteiger partial charge >= 0.3 is 0 Å². The Morgan fingerprint density at radius 3 is 2.71 bits per heavy atom. The summed E-state index contributed by atoms with van der Waals surface area (Å²) in [6.07, 6.45) is 3.37. The van der Waals surface area contributed by atoms with Crippen LogP contribution in [0.2, 0.25) is 0 Å². The van der Waals surface area contributed by atoms with Crippen LogP contribution in [0.25, 0.3) is 0 Å². The molecule has 0 amide bonds. The smallest absolute Gasteiger partial charge is 0.0700 e. The molecule has 0 saturated heterocycles. The van der Waals surface area contributed by atoms with Crippen LogP contribution in [-0.2, 0) is 9.47 Å². The molecular weight excluding hydrogens is 330 g/mol. The van der Waals surface area contributed by atoms with Crippen LogP contribution in [0.3, 0.4) is 0 Å². The summed E-state index contributed by atoms with van der Waals surface area (Å²) in [6.45, 7) is 6.46. The molecule has 0 bridgehead atoms. The van der Waals surface area contributed by atoms with E-state index in [4.69, 9.17) is 9.47 Å². The second-order valence-electron chi connectivity index (χ2n) is 5.17. The van der Waals surface area contributed by atoms with Gasteiger partial charge in [-0.05, 0) is 43.4 Å². The van der Waals surface area contributed by atoms with Crippen molar-refractivity contribution in [1.29, 1.82) is 0 Å². The first-order valence-corrected chi connectivity index (χ1v) is 8.60. The summed E-state index contributed by atoms with van der Waals surface area (Å²) in [5, 5.41) is 3.54. The molecular formula is C17H28BrNO2. The number of nitrogens with one attached hydrogen (secondary N) is 1. The molecule has 0 aliphatic rings. The summed E-state index contributed by atoms with van der Waals surface area (Å²) < 4.78 is 11.7. The van der Waals surface area contributed by atoms with E-state index in [2.05, 4.69) is 52.4 Å². The van der Waals surface area contributed by atoms with Crippen molar-refractivity contribution >= 4 is 15.9 Å². The standard InChI is InChI=1S/C17H28BrNO2/c1-3-10-19-14-15(7-6-11-21-13-12-20-2)16-8-4-5-9-17(16)18/h4-5,8-9,15,19H,3,6-7,10-14H2,1-2H3. The van der Waals surface area contributed by atoms with E-state index >= 15 is 0 Å². The van der Waals surface area contributed by atoms with Crippen LogP contribution in [0.5, 0.6) is 0 Å². The Morgan fingerprint density at radius 2 is 2.00 bits per heavy atom. The van der Waals surface area contributed by atoms with E-state index in [1.807, 2.05) is 0 Å². The number of halogens is 1. The highest BCUT2D eigenvalue weighted by Gasteiger charge is 2.13. The molecule has 1 aromatic carbocycles. The van der Waals surface area contributed by atoms with E-state index in [1.165, 1.54) is 16.5 Å². The number of hydrogen-bond donors (Lipinski definition) is 1. The van der Waals surface area contributed by atoms with Crippen molar-refractivity contribution in [3.8, 4) is 0 Å². The highest BCUT2D eigenvalue weighted by Crippen LogP contribution is 2.27. The van der Waals surface area contributed by atoms with Gasteiger partial charge in [0.15, 0.2) is 0 Å². The van der Waals surface area contributed by atoms with Gasteiger partial charge in [0.25, 0.3) is 0 Å². The molecule has 0 aliphatic carbocycles. The molecule has 4 heteroatoms. The number of hydrogen-bond acceptors (Lipinski definition) is 3. The minimum absolute atomic E-state index is 0.526. The average molecular weight is 358 g/mol. The van der Waals surface area contributed by atoms with Gasteiger partial charge in [0.05, 0.1) is 13.2 Å². The maximum atomic E-state index is 5.56. The molecule has 1 aromatic rings. The predicted octanol–water partition coefficient (Wildman–Crippen LogP) is 3.98.